The van der Waals surface area contributed by atoms with Crippen molar-refractivity contribution in [2.45, 2.75) is 13.5 Å². The molecule has 0 fully saturated rings. The Kier molecular flexibility index (Phi) is 3.62. The van der Waals surface area contributed by atoms with Crippen LogP contribution in [0.4, 0.5) is 0 Å². The van der Waals surface area contributed by atoms with Crippen molar-refractivity contribution in [3.8, 4) is 0 Å². The fraction of sp³-hybridized carbons (Fsp3) is 0.333. The van der Waals surface area contributed by atoms with Crippen molar-refractivity contribution >= 4 is 29.1 Å². The lowest BCUT2D eigenvalue weighted by Crippen LogP contribution is -1.99. The van der Waals surface area contributed by atoms with E-state index in [1.807, 2.05) is 30.1 Å². The lowest BCUT2D eigenvalue weighted by molar-refractivity contribution is 0.112. The maximum absolute atomic E-state index is 10.9. The van der Waals surface area contributed by atoms with Crippen LogP contribution >= 0.6 is 11.8 Å². The fourth-order valence-corrected chi connectivity index (χ4v) is 2.34. The van der Waals surface area contributed by atoms with Crippen LogP contribution in [0.1, 0.15) is 17.3 Å². The molecular formula is C12H14N2OS. The van der Waals surface area contributed by atoms with E-state index in [0.29, 0.717) is 0 Å². The van der Waals surface area contributed by atoms with Gasteiger partial charge in [0.1, 0.15) is 5.65 Å². The fourth-order valence-electron chi connectivity index (χ4n) is 1.72. The van der Waals surface area contributed by atoms with E-state index in [0.717, 1.165) is 40.9 Å². The Morgan fingerprint density at radius 3 is 3.19 bits per heavy atom. The molecule has 0 saturated carbocycles. The number of aldehydes is 1. The zero-order chi connectivity index (χ0) is 11.4. The van der Waals surface area contributed by atoms with E-state index in [4.69, 9.17) is 0 Å². The van der Waals surface area contributed by atoms with Gasteiger partial charge in [0.05, 0.1) is 0 Å². The Bertz CT molecular complexity index is 493. The van der Waals surface area contributed by atoms with Crippen LogP contribution < -0.4 is 0 Å². The minimum Gasteiger partial charge on any atom is -0.331 e. The van der Waals surface area contributed by atoms with Crippen LogP contribution in [0.3, 0.4) is 0 Å². The Morgan fingerprint density at radius 1 is 1.56 bits per heavy atom. The summed E-state index contributed by atoms with van der Waals surface area (Å²) >= 11 is 1.89. The predicted octanol–water partition coefficient (Wildman–Crippen LogP) is 2.60. The molecule has 2 heterocycles. The third-order valence-corrected chi connectivity index (χ3v) is 3.35. The first-order valence-corrected chi connectivity index (χ1v) is 6.49. The molecule has 0 saturated heterocycles. The van der Waals surface area contributed by atoms with Gasteiger partial charge in [-0.3, -0.25) is 4.79 Å². The molecular weight excluding hydrogens is 220 g/mol. The molecule has 0 N–H and O–H groups in total. The van der Waals surface area contributed by atoms with Gasteiger partial charge < -0.3 is 4.57 Å². The summed E-state index contributed by atoms with van der Waals surface area (Å²) in [6.07, 6.45) is 4.55. The van der Waals surface area contributed by atoms with Crippen molar-refractivity contribution in [2.24, 2.45) is 0 Å². The molecule has 0 aliphatic rings. The highest BCUT2D eigenvalue weighted by Crippen LogP contribution is 2.18. The highest BCUT2D eigenvalue weighted by atomic mass is 32.2. The first-order chi connectivity index (χ1) is 7.86. The molecule has 0 radical (unpaired) electrons. The highest BCUT2D eigenvalue weighted by molar-refractivity contribution is 7.99. The molecule has 3 nitrogen and oxygen atoms in total. The number of aryl methyl sites for hydroxylation is 1. The smallest absolute Gasteiger partial charge is 0.152 e. The topological polar surface area (TPSA) is 34.9 Å². The van der Waals surface area contributed by atoms with Crippen molar-refractivity contribution in [1.82, 2.24) is 9.55 Å². The first kappa shape index (κ1) is 11.2. The summed E-state index contributed by atoms with van der Waals surface area (Å²) in [7, 11) is 0. The average Bonchev–Trinajstić information content (AvgIpc) is 2.68. The molecule has 0 spiro atoms. The maximum atomic E-state index is 10.9. The number of carbonyl (C=O) groups excluding carboxylic acids is 1. The second-order valence-corrected chi connectivity index (χ2v) is 4.86. The van der Waals surface area contributed by atoms with Crippen molar-refractivity contribution in [3.05, 3.63) is 30.1 Å². The monoisotopic (exact) mass is 234 g/mol. The highest BCUT2D eigenvalue weighted by Gasteiger charge is 2.07. The molecule has 0 amide bonds. The van der Waals surface area contributed by atoms with E-state index < -0.39 is 0 Å². The predicted molar refractivity (Wildman–Crippen MR) is 68.1 cm³/mol. The summed E-state index contributed by atoms with van der Waals surface area (Å²) in [5, 5.41) is 0.944. The van der Waals surface area contributed by atoms with Crippen LogP contribution in [0.5, 0.6) is 0 Å². The lowest BCUT2D eigenvalue weighted by Gasteiger charge is -2.02. The standard InChI is InChI=1S/C12H14N2OS/c1-2-16-7-6-14-8-10(9-15)11-4-3-5-13-12(11)14/h3-5,8-9H,2,6-7H2,1H3. The molecule has 0 aliphatic heterocycles. The van der Waals surface area contributed by atoms with Gasteiger partial charge in [0.25, 0.3) is 0 Å². The number of pyridine rings is 1. The van der Waals surface area contributed by atoms with Gasteiger partial charge in [0.2, 0.25) is 0 Å². The Hall–Kier alpha value is -1.29. The van der Waals surface area contributed by atoms with E-state index >= 15 is 0 Å². The molecule has 2 rings (SSSR count). The minimum atomic E-state index is 0.726. The van der Waals surface area contributed by atoms with Crippen LogP contribution in [0.25, 0.3) is 11.0 Å². The molecule has 0 aliphatic carbocycles. The number of carbonyl (C=O) groups is 1. The summed E-state index contributed by atoms with van der Waals surface area (Å²) in [5.41, 5.74) is 1.63. The van der Waals surface area contributed by atoms with Gasteiger partial charge in [-0.05, 0) is 17.9 Å². The summed E-state index contributed by atoms with van der Waals surface area (Å²) in [4.78, 5) is 15.2. The van der Waals surface area contributed by atoms with Crippen molar-refractivity contribution < 1.29 is 4.79 Å². The van der Waals surface area contributed by atoms with Gasteiger partial charge in [-0.2, -0.15) is 11.8 Å². The van der Waals surface area contributed by atoms with Gasteiger partial charge in [0, 0.05) is 35.6 Å². The van der Waals surface area contributed by atoms with Crippen LogP contribution in [-0.2, 0) is 6.54 Å². The van der Waals surface area contributed by atoms with Gasteiger partial charge in [-0.1, -0.05) is 6.92 Å². The summed E-state index contributed by atoms with van der Waals surface area (Å²) in [6, 6.07) is 3.80. The normalized spacial score (nSPS) is 10.8. The zero-order valence-corrected chi connectivity index (χ0v) is 10.0. The van der Waals surface area contributed by atoms with Crippen molar-refractivity contribution in [2.75, 3.05) is 11.5 Å². The third-order valence-electron chi connectivity index (χ3n) is 2.47. The number of hydrogen-bond acceptors (Lipinski definition) is 3. The molecule has 0 atom stereocenters. The maximum Gasteiger partial charge on any atom is 0.152 e. The number of thioether (sulfide) groups is 1. The Labute approximate surface area is 98.9 Å². The quantitative estimate of drug-likeness (QED) is 0.589. The van der Waals surface area contributed by atoms with Gasteiger partial charge in [-0.15, -0.1) is 0 Å². The lowest BCUT2D eigenvalue weighted by atomic mass is 10.2. The van der Waals surface area contributed by atoms with Crippen molar-refractivity contribution in [3.63, 3.8) is 0 Å². The summed E-state index contributed by atoms with van der Waals surface area (Å²) < 4.78 is 2.06. The number of fused-ring (bicyclic) bond motifs is 1. The van der Waals surface area contributed by atoms with E-state index in [-0.39, 0.29) is 0 Å². The van der Waals surface area contributed by atoms with Crippen molar-refractivity contribution in [1.29, 1.82) is 0 Å². The summed E-state index contributed by atoms with van der Waals surface area (Å²) in [5.74, 6) is 2.17. The van der Waals surface area contributed by atoms with Crippen LogP contribution in [0, 0.1) is 0 Å². The molecule has 0 unspecified atom stereocenters. The second kappa shape index (κ2) is 5.16. The second-order valence-electron chi connectivity index (χ2n) is 3.47. The first-order valence-electron chi connectivity index (χ1n) is 5.33. The molecule has 2 aromatic rings. The van der Waals surface area contributed by atoms with Crippen LogP contribution in [0.15, 0.2) is 24.5 Å². The molecule has 0 bridgehead atoms. The van der Waals surface area contributed by atoms with E-state index in [9.17, 15) is 4.79 Å². The van der Waals surface area contributed by atoms with Gasteiger partial charge in [0.15, 0.2) is 6.29 Å². The average molecular weight is 234 g/mol. The SMILES string of the molecule is CCSCCn1cc(C=O)c2cccnc21. The van der Waals surface area contributed by atoms with E-state index in [1.165, 1.54) is 0 Å². The van der Waals surface area contributed by atoms with Crippen LogP contribution in [0.2, 0.25) is 0 Å². The van der Waals surface area contributed by atoms with Gasteiger partial charge >= 0.3 is 0 Å². The van der Waals surface area contributed by atoms with Gasteiger partial charge in [-0.25, -0.2) is 4.98 Å². The zero-order valence-electron chi connectivity index (χ0n) is 9.22. The number of hydrogen-bond donors (Lipinski definition) is 0. The van der Waals surface area contributed by atoms with Crippen LogP contribution in [-0.4, -0.2) is 27.3 Å². The third kappa shape index (κ3) is 2.11. The Morgan fingerprint density at radius 2 is 2.44 bits per heavy atom. The number of rotatable bonds is 5. The summed E-state index contributed by atoms with van der Waals surface area (Å²) in [6.45, 7) is 3.05. The Balaban J connectivity index is 2.33. The molecule has 4 heteroatoms. The molecule has 16 heavy (non-hydrogen) atoms. The van der Waals surface area contributed by atoms with E-state index in [1.54, 1.807) is 6.20 Å². The number of aromatic nitrogens is 2. The molecule has 84 valence electrons. The number of nitrogens with zero attached hydrogens (tertiary/aromatic N) is 2. The molecule has 0 aromatic carbocycles. The van der Waals surface area contributed by atoms with E-state index in [2.05, 4.69) is 16.5 Å². The minimum absolute atomic E-state index is 0.726. The largest absolute Gasteiger partial charge is 0.331 e. The molecule has 2 aromatic heterocycles.